The molecule has 170 valence electrons. The van der Waals surface area contributed by atoms with Crippen molar-refractivity contribution in [2.75, 3.05) is 13.7 Å². The molecule has 0 aliphatic carbocycles. The van der Waals surface area contributed by atoms with Crippen LogP contribution in [-0.4, -0.2) is 23.3 Å². The lowest BCUT2D eigenvalue weighted by atomic mass is 10.1. The van der Waals surface area contributed by atoms with Crippen molar-refractivity contribution < 1.29 is 9.47 Å². The summed E-state index contributed by atoms with van der Waals surface area (Å²) in [6.07, 6.45) is 2.64. The zero-order chi connectivity index (χ0) is 23.2. The van der Waals surface area contributed by atoms with Crippen molar-refractivity contribution in [1.29, 1.82) is 0 Å². The van der Waals surface area contributed by atoms with Gasteiger partial charge in [-0.1, -0.05) is 23.7 Å². The second-order valence-corrected chi connectivity index (χ2v) is 8.91. The van der Waals surface area contributed by atoms with Crippen LogP contribution in [0, 0.1) is 0 Å². The summed E-state index contributed by atoms with van der Waals surface area (Å²) in [5.74, 6) is 2.21. The average Bonchev–Trinajstić information content (AvgIpc) is 2.83. The Hall–Kier alpha value is -2.83. The molecule has 0 aliphatic heterocycles. The van der Waals surface area contributed by atoms with Crippen molar-refractivity contribution in [3.05, 3.63) is 86.6 Å². The predicted octanol–water partition coefficient (Wildman–Crippen LogP) is 6.74. The van der Waals surface area contributed by atoms with E-state index in [0.717, 1.165) is 40.8 Å². The predicted molar refractivity (Wildman–Crippen MR) is 136 cm³/mol. The average molecular weight is 528 g/mol. The fourth-order valence-corrected chi connectivity index (χ4v) is 4.46. The van der Waals surface area contributed by atoms with Crippen LogP contribution in [0.4, 0.5) is 0 Å². The molecule has 5 nitrogen and oxygen atoms in total. The maximum Gasteiger partial charge on any atom is 0.261 e. The van der Waals surface area contributed by atoms with Gasteiger partial charge in [0.25, 0.3) is 5.56 Å². The minimum atomic E-state index is -0.0206. The Morgan fingerprint density at radius 3 is 2.55 bits per heavy atom. The van der Waals surface area contributed by atoms with E-state index in [1.807, 2.05) is 66.7 Å². The molecule has 3 aromatic carbocycles. The third-order valence-corrected chi connectivity index (χ3v) is 6.24. The lowest BCUT2D eigenvalue weighted by Crippen LogP contribution is -2.23. The molecule has 0 saturated heterocycles. The Morgan fingerprint density at radius 2 is 1.79 bits per heavy atom. The van der Waals surface area contributed by atoms with Gasteiger partial charge in [-0.25, -0.2) is 4.98 Å². The van der Waals surface area contributed by atoms with Gasteiger partial charge in [-0.15, -0.1) is 0 Å². The molecule has 1 aromatic heterocycles. The van der Waals surface area contributed by atoms with Crippen LogP contribution in [-0.2, 0) is 6.54 Å². The number of hydrogen-bond acceptors (Lipinski definition) is 4. The van der Waals surface area contributed by atoms with E-state index in [1.165, 1.54) is 0 Å². The lowest BCUT2D eigenvalue weighted by molar-refractivity contribution is 0.302. The number of halogens is 2. The van der Waals surface area contributed by atoms with Crippen molar-refractivity contribution >= 4 is 38.4 Å². The Morgan fingerprint density at radius 1 is 1.00 bits per heavy atom. The number of aromatic nitrogens is 2. The smallest absolute Gasteiger partial charge is 0.261 e. The molecule has 0 aliphatic rings. The van der Waals surface area contributed by atoms with E-state index in [2.05, 4.69) is 15.9 Å². The monoisotopic (exact) mass is 526 g/mol. The minimum absolute atomic E-state index is 0.0206. The number of hydrogen-bond donors (Lipinski definition) is 0. The van der Waals surface area contributed by atoms with Crippen LogP contribution in [0.25, 0.3) is 22.3 Å². The van der Waals surface area contributed by atoms with Crippen LogP contribution in [0.2, 0.25) is 5.02 Å². The van der Waals surface area contributed by atoms with Gasteiger partial charge in [0.15, 0.2) is 0 Å². The van der Waals surface area contributed by atoms with Crippen molar-refractivity contribution in [2.45, 2.75) is 25.8 Å². The summed E-state index contributed by atoms with van der Waals surface area (Å²) in [6, 6.07) is 20.6. The normalized spacial score (nSPS) is 11.0. The Bertz CT molecular complexity index is 1310. The first-order valence-electron chi connectivity index (χ1n) is 10.8. The van der Waals surface area contributed by atoms with Gasteiger partial charge in [0.1, 0.15) is 17.3 Å². The highest BCUT2D eigenvalue weighted by atomic mass is 79.9. The molecule has 0 unspecified atom stereocenters. The van der Waals surface area contributed by atoms with E-state index in [9.17, 15) is 4.79 Å². The number of fused-ring (bicyclic) bond motifs is 1. The number of benzene rings is 3. The first-order chi connectivity index (χ1) is 16.1. The van der Waals surface area contributed by atoms with Crippen molar-refractivity contribution in [1.82, 2.24) is 9.55 Å². The standard InChI is InChI=1S/C26H24BrClN2O3/c1-32-20-12-9-18(10-13-20)25-29-23-8-4-3-7-21(23)26(31)30(25)15-5-2-6-16-33-24-14-11-19(28)17-22(24)27/h3-4,7-14,17H,2,5-6,15-16H2,1H3. The van der Waals surface area contributed by atoms with Crippen LogP contribution < -0.4 is 15.0 Å². The molecule has 0 N–H and O–H groups in total. The Kier molecular flexibility index (Phi) is 7.68. The van der Waals surface area contributed by atoms with E-state index < -0.39 is 0 Å². The Labute approximate surface area is 206 Å². The molecule has 0 spiro atoms. The molecule has 7 heteroatoms. The number of ether oxygens (including phenoxy) is 2. The van der Waals surface area contributed by atoms with Gasteiger partial charge < -0.3 is 9.47 Å². The highest BCUT2D eigenvalue weighted by Gasteiger charge is 2.13. The molecule has 0 fully saturated rings. The molecule has 0 amide bonds. The topological polar surface area (TPSA) is 53.3 Å². The van der Waals surface area contributed by atoms with Gasteiger partial charge in [0.05, 0.1) is 29.1 Å². The summed E-state index contributed by atoms with van der Waals surface area (Å²) in [7, 11) is 1.63. The fraction of sp³-hybridized carbons (Fsp3) is 0.231. The minimum Gasteiger partial charge on any atom is -0.497 e. The second-order valence-electron chi connectivity index (χ2n) is 7.62. The molecule has 4 rings (SSSR count). The van der Waals surface area contributed by atoms with Gasteiger partial charge in [-0.2, -0.15) is 0 Å². The van der Waals surface area contributed by atoms with Crippen LogP contribution in [0.5, 0.6) is 11.5 Å². The first-order valence-corrected chi connectivity index (χ1v) is 12.0. The van der Waals surface area contributed by atoms with E-state index in [1.54, 1.807) is 11.7 Å². The molecule has 33 heavy (non-hydrogen) atoms. The van der Waals surface area contributed by atoms with Crippen LogP contribution in [0.1, 0.15) is 19.3 Å². The molecule has 1 heterocycles. The number of unbranched alkanes of at least 4 members (excludes halogenated alkanes) is 2. The number of para-hydroxylation sites is 1. The summed E-state index contributed by atoms with van der Waals surface area (Å²) < 4.78 is 13.7. The Balaban J connectivity index is 1.46. The first kappa shape index (κ1) is 23.3. The van der Waals surface area contributed by atoms with Crippen LogP contribution in [0.3, 0.4) is 0 Å². The molecule has 0 bridgehead atoms. The zero-order valence-corrected chi connectivity index (χ0v) is 20.6. The number of rotatable bonds is 9. The van der Waals surface area contributed by atoms with Gasteiger partial charge in [-0.3, -0.25) is 9.36 Å². The van der Waals surface area contributed by atoms with Gasteiger partial charge in [0.2, 0.25) is 0 Å². The van der Waals surface area contributed by atoms with E-state index in [4.69, 9.17) is 26.1 Å². The van der Waals surface area contributed by atoms with E-state index >= 15 is 0 Å². The molecular weight excluding hydrogens is 504 g/mol. The molecule has 0 radical (unpaired) electrons. The lowest BCUT2D eigenvalue weighted by Gasteiger charge is -2.14. The van der Waals surface area contributed by atoms with E-state index in [-0.39, 0.29) is 5.56 Å². The number of methoxy groups -OCH3 is 1. The summed E-state index contributed by atoms with van der Waals surface area (Å²) >= 11 is 9.44. The van der Waals surface area contributed by atoms with Crippen molar-refractivity contribution in [3.63, 3.8) is 0 Å². The van der Waals surface area contributed by atoms with Crippen molar-refractivity contribution in [3.8, 4) is 22.9 Å². The molecule has 0 saturated carbocycles. The SMILES string of the molecule is COc1ccc(-c2nc3ccccc3c(=O)n2CCCCCOc2ccc(Cl)cc2Br)cc1. The number of nitrogens with zero attached hydrogens (tertiary/aromatic N) is 2. The summed E-state index contributed by atoms with van der Waals surface area (Å²) in [6.45, 7) is 1.18. The van der Waals surface area contributed by atoms with Gasteiger partial charge in [-0.05, 0) is 89.8 Å². The van der Waals surface area contributed by atoms with Crippen LogP contribution >= 0.6 is 27.5 Å². The summed E-state index contributed by atoms with van der Waals surface area (Å²) in [4.78, 5) is 18.1. The highest BCUT2D eigenvalue weighted by molar-refractivity contribution is 9.10. The van der Waals surface area contributed by atoms with Crippen molar-refractivity contribution in [2.24, 2.45) is 0 Å². The third kappa shape index (κ3) is 5.57. The maximum absolute atomic E-state index is 13.3. The quantitative estimate of drug-likeness (QED) is 0.226. The maximum atomic E-state index is 13.3. The molecule has 4 aromatic rings. The van der Waals surface area contributed by atoms with Gasteiger partial charge >= 0.3 is 0 Å². The molecule has 0 atom stereocenters. The zero-order valence-electron chi connectivity index (χ0n) is 18.3. The molecular formula is C26H24BrClN2O3. The fourth-order valence-electron chi connectivity index (χ4n) is 3.66. The summed E-state index contributed by atoms with van der Waals surface area (Å²) in [5.41, 5.74) is 1.56. The second kappa shape index (κ2) is 10.9. The van der Waals surface area contributed by atoms with Crippen LogP contribution in [0.15, 0.2) is 76.0 Å². The highest BCUT2D eigenvalue weighted by Crippen LogP contribution is 2.28. The van der Waals surface area contributed by atoms with Gasteiger partial charge in [0, 0.05) is 17.1 Å². The largest absolute Gasteiger partial charge is 0.497 e. The van der Waals surface area contributed by atoms with E-state index in [0.29, 0.717) is 34.9 Å². The third-order valence-electron chi connectivity index (χ3n) is 5.39. The summed E-state index contributed by atoms with van der Waals surface area (Å²) in [5, 5.41) is 1.29.